The van der Waals surface area contributed by atoms with E-state index in [0.717, 1.165) is 0 Å². The Labute approximate surface area is 49.1 Å². The van der Waals surface area contributed by atoms with Crippen molar-refractivity contribution in [2.75, 3.05) is 0 Å². The number of rotatable bonds is 2. The van der Waals surface area contributed by atoms with E-state index in [1.54, 1.807) is 0 Å². The highest BCUT2D eigenvalue weighted by Crippen LogP contribution is 1.86. The molecule has 0 amide bonds. The van der Waals surface area contributed by atoms with E-state index >= 15 is 0 Å². The van der Waals surface area contributed by atoms with Gasteiger partial charge in [-0.05, 0) is 13.8 Å². The van der Waals surface area contributed by atoms with Crippen LogP contribution in [0.15, 0.2) is 5.10 Å². The summed E-state index contributed by atoms with van der Waals surface area (Å²) in [5.74, 6) is 5.28. The van der Waals surface area contributed by atoms with Gasteiger partial charge >= 0.3 is 0 Å². The summed E-state index contributed by atoms with van der Waals surface area (Å²) >= 11 is 0. The second-order valence-electron chi connectivity index (χ2n) is 1.74. The quantitative estimate of drug-likeness (QED) is 0.220. The van der Waals surface area contributed by atoms with E-state index < -0.39 is 0 Å². The number of nitrogens with zero attached hydrogens (tertiary/aromatic N) is 2. The molecule has 4 heteroatoms. The van der Waals surface area contributed by atoms with Crippen molar-refractivity contribution < 1.29 is 0 Å². The van der Waals surface area contributed by atoms with Crippen LogP contribution in [-0.2, 0) is 0 Å². The molecular weight excluding hydrogens is 104 g/mol. The molecule has 0 aromatic rings. The van der Waals surface area contributed by atoms with E-state index in [1.807, 2.05) is 13.8 Å². The van der Waals surface area contributed by atoms with Gasteiger partial charge < -0.3 is 5.73 Å². The van der Waals surface area contributed by atoms with Gasteiger partial charge in [0.15, 0.2) is 0 Å². The normalized spacial score (nSPS) is 11.0. The van der Waals surface area contributed by atoms with Gasteiger partial charge in [-0.2, -0.15) is 5.10 Å². The Balaban J connectivity index is 3.47. The third-order valence-electron chi connectivity index (χ3n) is 0.729. The van der Waals surface area contributed by atoms with E-state index in [4.69, 9.17) is 11.6 Å². The summed E-state index contributed by atoms with van der Waals surface area (Å²) in [5.41, 5.74) is 4.95. The van der Waals surface area contributed by atoms with Crippen LogP contribution < -0.4 is 11.6 Å². The molecule has 0 aliphatic heterocycles. The Bertz CT molecular complexity index is 78.1. The molecule has 0 aromatic carbocycles. The molecule has 0 saturated carbocycles. The molecule has 0 unspecified atom stereocenters. The number of hydrogen-bond acceptors (Lipinski definition) is 3. The summed E-state index contributed by atoms with van der Waals surface area (Å²) in [6.45, 7) is 3.85. The van der Waals surface area contributed by atoms with Crippen molar-refractivity contribution in [3.8, 4) is 0 Å². The molecule has 0 aromatic heterocycles. The van der Waals surface area contributed by atoms with E-state index in [-0.39, 0.29) is 6.04 Å². The van der Waals surface area contributed by atoms with E-state index in [2.05, 4.69) is 5.10 Å². The van der Waals surface area contributed by atoms with Gasteiger partial charge in [0.25, 0.3) is 0 Å². The molecule has 0 saturated heterocycles. The Morgan fingerprint density at radius 3 is 2.25 bits per heavy atom. The molecule has 0 spiro atoms. The topological polar surface area (TPSA) is 67.6 Å². The zero-order valence-corrected chi connectivity index (χ0v) is 5.20. The van der Waals surface area contributed by atoms with Gasteiger partial charge in [0.05, 0.1) is 6.04 Å². The van der Waals surface area contributed by atoms with Crippen LogP contribution in [0.5, 0.6) is 0 Å². The highest BCUT2D eigenvalue weighted by Gasteiger charge is 1.95. The summed E-state index contributed by atoms with van der Waals surface area (Å²) in [7, 11) is 0. The standard InChI is InChI=1S/C4H12N4/c1-4(2)8(6)7-3-5/h3-4H,6H2,1-2H3,(H2,5,7). The highest BCUT2D eigenvalue weighted by atomic mass is 15.6. The van der Waals surface area contributed by atoms with Gasteiger partial charge in [-0.15, -0.1) is 0 Å². The molecule has 0 atom stereocenters. The summed E-state index contributed by atoms with van der Waals surface area (Å²) in [5, 5.41) is 4.88. The second kappa shape index (κ2) is 3.26. The molecule has 0 fully saturated rings. The fourth-order valence-electron chi connectivity index (χ4n) is 0.210. The molecule has 0 rings (SSSR count). The van der Waals surface area contributed by atoms with Crippen LogP contribution in [0.3, 0.4) is 0 Å². The number of hydrazine groups is 1. The molecule has 0 aliphatic carbocycles. The molecule has 0 radical (unpaired) electrons. The third-order valence-corrected chi connectivity index (χ3v) is 0.729. The third kappa shape index (κ3) is 2.41. The lowest BCUT2D eigenvalue weighted by atomic mass is 10.4. The van der Waals surface area contributed by atoms with Crippen molar-refractivity contribution >= 4 is 6.34 Å². The summed E-state index contributed by atoms with van der Waals surface area (Å²) in [6, 6.07) is 0.204. The van der Waals surface area contributed by atoms with Crippen LogP contribution in [-0.4, -0.2) is 17.5 Å². The SMILES string of the molecule is CC(C)N(N)/N=C\N. The number of hydrogen-bond donors (Lipinski definition) is 2. The number of hydrazone groups is 1. The second-order valence-corrected chi connectivity index (χ2v) is 1.74. The van der Waals surface area contributed by atoms with Crippen molar-refractivity contribution in [3.63, 3.8) is 0 Å². The zero-order valence-electron chi connectivity index (χ0n) is 5.20. The van der Waals surface area contributed by atoms with Crippen molar-refractivity contribution in [2.24, 2.45) is 16.7 Å². The van der Waals surface area contributed by atoms with E-state index in [0.29, 0.717) is 0 Å². The van der Waals surface area contributed by atoms with Gasteiger partial charge in [0.1, 0.15) is 6.34 Å². The molecule has 0 bridgehead atoms. The van der Waals surface area contributed by atoms with Gasteiger partial charge in [0, 0.05) is 0 Å². The minimum atomic E-state index is 0.204. The molecule has 4 N–H and O–H groups in total. The zero-order chi connectivity index (χ0) is 6.57. The molecule has 48 valence electrons. The first kappa shape index (κ1) is 7.23. The van der Waals surface area contributed by atoms with Crippen LogP contribution >= 0.6 is 0 Å². The number of nitrogens with two attached hydrogens (primary N) is 2. The lowest BCUT2D eigenvalue weighted by Crippen LogP contribution is -2.32. The van der Waals surface area contributed by atoms with Crippen LogP contribution in [0.2, 0.25) is 0 Å². The molecule has 0 aliphatic rings. The van der Waals surface area contributed by atoms with Crippen molar-refractivity contribution in [3.05, 3.63) is 0 Å². The minimum absolute atomic E-state index is 0.204. The maximum Gasteiger partial charge on any atom is 0.107 e. The van der Waals surface area contributed by atoms with Crippen molar-refractivity contribution in [1.29, 1.82) is 0 Å². The van der Waals surface area contributed by atoms with Gasteiger partial charge in [-0.25, -0.2) is 11.0 Å². The Morgan fingerprint density at radius 2 is 2.12 bits per heavy atom. The lowest BCUT2D eigenvalue weighted by molar-refractivity contribution is 0.241. The average Bonchev–Trinajstić information content (AvgIpc) is 1.67. The van der Waals surface area contributed by atoms with Crippen LogP contribution in [0.4, 0.5) is 0 Å². The molecule has 4 nitrogen and oxygen atoms in total. The first-order valence-corrected chi connectivity index (χ1v) is 2.46. The summed E-state index contributed by atoms with van der Waals surface area (Å²) < 4.78 is 0. The van der Waals surface area contributed by atoms with Crippen LogP contribution in [0, 0.1) is 0 Å². The maximum atomic E-state index is 5.28. The highest BCUT2D eigenvalue weighted by molar-refractivity contribution is 5.50. The largest absolute Gasteiger partial charge is 0.388 e. The summed E-state index contributed by atoms with van der Waals surface area (Å²) in [4.78, 5) is 0. The fraction of sp³-hybridized carbons (Fsp3) is 0.750. The van der Waals surface area contributed by atoms with Crippen LogP contribution in [0.25, 0.3) is 0 Å². The fourth-order valence-corrected chi connectivity index (χ4v) is 0.210. The predicted octanol–water partition coefficient (Wildman–Crippen LogP) is -0.527. The molecule has 0 heterocycles. The lowest BCUT2D eigenvalue weighted by Gasteiger charge is -2.14. The van der Waals surface area contributed by atoms with Gasteiger partial charge in [-0.1, -0.05) is 0 Å². The molecule has 8 heavy (non-hydrogen) atoms. The Kier molecular flexibility index (Phi) is 2.95. The smallest absolute Gasteiger partial charge is 0.107 e. The monoisotopic (exact) mass is 116 g/mol. The summed E-state index contributed by atoms with van der Waals surface area (Å²) in [6.07, 6.45) is 1.17. The first-order valence-electron chi connectivity index (χ1n) is 2.46. The first-order chi connectivity index (χ1) is 3.68. The minimum Gasteiger partial charge on any atom is -0.388 e. The Hall–Kier alpha value is -0.770. The molecular formula is C4H12N4. The average molecular weight is 116 g/mol. The van der Waals surface area contributed by atoms with Gasteiger partial charge in [0.2, 0.25) is 0 Å². The van der Waals surface area contributed by atoms with E-state index in [1.165, 1.54) is 11.5 Å². The van der Waals surface area contributed by atoms with E-state index in [9.17, 15) is 0 Å². The van der Waals surface area contributed by atoms with Crippen LogP contribution in [0.1, 0.15) is 13.8 Å². The van der Waals surface area contributed by atoms with Gasteiger partial charge in [-0.3, -0.25) is 0 Å². The maximum absolute atomic E-state index is 5.28. The predicted molar refractivity (Wildman–Crippen MR) is 33.8 cm³/mol. The van der Waals surface area contributed by atoms with Crippen molar-refractivity contribution in [2.45, 2.75) is 19.9 Å². The Morgan fingerprint density at radius 1 is 1.62 bits per heavy atom. The van der Waals surface area contributed by atoms with Crippen molar-refractivity contribution in [1.82, 2.24) is 5.12 Å².